The molecule has 2 N–H and O–H groups in total. The number of hydrogen-bond acceptors (Lipinski definition) is 2. The first-order valence-corrected chi connectivity index (χ1v) is 8.08. The Balaban J connectivity index is 2.19. The molecule has 1 fully saturated rings. The Morgan fingerprint density at radius 3 is 2.75 bits per heavy atom. The van der Waals surface area contributed by atoms with Crippen LogP contribution in [0.5, 0.6) is 5.75 Å². The molecule has 112 valence electrons. The van der Waals surface area contributed by atoms with Gasteiger partial charge in [0.1, 0.15) is 5.75 Å². The average Bonchev–Trinajstić information content (AvgIpc) is 2.47. The maximum Gasteiger partial charge on any atom is 0.119 e. The molecule has 3 atom stereocenters. The highest BCUT2D eigenvalue weighted by molar-refractivity contribution is 5.31. The van der Waals surface area contributed by atoms with Crippen LogP contribution in [0.15, 0.2) is 24.3 Å². The van der Waals surface area contributed by atoms with E-state index < -0.39 is 0 Å². The van der Waals surface area contributed by atoms with Crippen LogP contribution in [-0.2, 0) is 0 Å². The van der Waals surface area contributed by atoms with Gasteiger partial charge in [0.15, 0.2) is 0 Å². The highest BCUT2D eigenvalue weighted by Crippen LogP contribution is 2.43. The summed E-state index contributed by atoms with van der Waals surface area (Å²) in [5, 5.41) is 0. The van der Waals surface area contributed by atoms with Crippen molar-refractivity contribution in [3.05, 3.63) is 29.8 Å². The predicted molar refractivity (Wildman–Crippen MR) is 85.1 cm³/mol. The van der Waals surface area contributed by atoms with Crippen LogP contribution in [0.4, 0.5) is 0 Å². The van der Waals surface area contributed by atoms with Crippen LogP contribution in [0.3, 0.4) is 0 Å². The van der Waals surface area contributed by atoms with Gasteiger partial charge in [0, 0.05) is 0 Å². The lowest BCUT2D eigenvalue weighted by molar-refractivity contribution is 0.197. The minimum absolute atomic E-state index is 0.599. The molecule has 2 rings (SSSR count). The van der Waals surface area contributed by atoms with Gasteiger partial charge in [-0.2, -0.15) is 0 Å². The Morgan fingerprint density at radius 2 is 2.10 bits per heavy atom. The van der Waals surface area contributed by atoms with Crippen LogP contribution in [0, 0.1) is 17.8 Å². The van der Waals surface area contributed by atoms with Gasteiger partial charge in [0.05, 0.1) is 6.61 Å². The van der Waals surface area contributed by atoms with Crippen LogP contribution in [0.25, 0.3) is 0 Å². The lowest BCUT2D eigenvalue weighted by atomic mass is 9.68. The van der Waals surface area contributed by atoms with E-state index in [4.69, 9.17) is 10.5 Å². The molecule has 3 unspecified atom stereocenters. The Hall–Kier alpha value is -1.02. The first-order chi connectivity index (χ1) is 9.65. The Morgan fingerprint density at radius 1 is 1.30 bits per heavy atom. The highest BCUT2D eigenvalue weighted by Gasteiger charge is 2.32. The fraction of sp³-hybridized carbons (Fsp3) is 0.667. The molecular formula is C18H29NO. The fourth-order valence-corrected chi connectivity index (χ4v) is 3.56. The summed E-state index contributed by atoms with van der Waals surface area (Å²) in [6.45, 7) is 8.25. The smallest absolute Gasteiger partial charge is 0.119 e. The molecule has 0 saturated heterocycles. The monoisotopic (exact) mass is 275 g/mol. The summed E-state index contributed by atoms with van der Waals surface area (Å²) < 4.78 is 5.65. The summed E-state index contributed by atoms with van der Waals surface area (Å²) in [5.74, 6) is 3.82. The van der Waals surface area contributed by atoms with Gasteiger partial charge in [0.2, 0.25) is 0 Å². The van der Waals surface area contributed by atoms with Crippen molar-refractivity contribution in [1.29, 1.82) is 0 Å². The molecule has 2 nitrogen and oxygen atoms in total. The Kier molecular flexibility index (Phi) is 5.47. The molecule has 1 aromatic carbocycles. The average molecular weight is 275 g/mol. The van der Waals surface area contributed by atoms with Crippen molar-refractivity contribution in [2.45, 2.75) is 46.0 Å². The summed E-state index contributed by atoms with van der Waals surface area (Å²) in [5.41, 5.74) is 7.43. The van der Waals surface area contributed by atoms with Gasteiger partial charge in [-0.25, -0.2) is 0 Å². The maximum absolute atomic E-state index is 6.02. The lowest BCUT2D eigenvalue weighted by Gasteiger charge is -2.38. The number of ether oxygens (including phenoxy) is 1. The molecule has 0 aliphatic heterocycles. The Bertz CT molecular complexity index is 416. The first kappa shape index (κ1) is 15.4. The second-order valence-corrected chi connectivity index (χ2v) is 6.42. The molecule has 0 amide bonds. The molecule has 0 bridgehead atoms. The highest BCUT2D eigenvalue weighted by atomic mass is 16.5. The topological polar surface area (TPSA) is 35.2 Å². The minimum atomic E-state index is 0.599. The van der Waals surface area contributed by atoms with Gasteiger partial charge in [-0.15, -0.1) is 0 Å². The molecule has 20 heavy (non-hydrogen) atoms. The maximum atomic E-state index is 6.02. The van der Waals surface area contributed by atoms with Gasteiger partial charge >= 0.3 is 0 Å². The summed E-state index contributed by atoms with van der Waals surface area (Å²) >= 11 is 0. The van der Waals surface area contributed by atoms with E-state index in [0.29, 0.717) is 11.8 Å². The van der Waals surface area contributed by atoms with Crippen LogP contribution >= 0.6 is 0 Å². The van der Waals surface area contributed by atoms with Crippen molar-refractivity contribution in [2.75, 3.05) is 13.2 Å². The van der Waals surface area contributed by atoms with E-state index in [1.54, 1.807) is 0 Å². The number of nitrogens with two attached hydrogens (primary N) is 1. The SMILES string of the molecule is CCOc1cccc(C2CC(C(C)C)CCC2CN)c1. The van der Waals surface area contributed by atoms with E-state index in [1.165, 1.54) is 24.8 Å². The first-order valence-electron chi connectivity index (χ1n) is 8.08. The van der Waals surface area contributed by atoms with E-state index in [0.717, 1.165) is 30.7 Å². The van der Waals surface area contributed by atoms with Gasteiger partial charge in [-0.05, 0) is 74.1 Å². The molecular weight excluding hydrogens is 246 g/mol. The number of hydrogen-bond donors (Lipinski definition) is 1. The lowest BCUT2D eigenvalue weighted by Crippen LogP contribution is -2.30. The predicted octanol–water partition coefficient (Wildman–Crippen LogP) is 4.20. The van der Waals surface area contributed by atoms with Crippen molar-refractivity contribution in [3.8, 4) is 5.75 Å². The van der Waals surface area contributed by atoms with Crippen molar-refractivity contribution < 1.29 is 4.74 Å². The van der Waals surface area contributed by atoms with Crippen molar-refractivity contribution >= 4 is 0 Å². The van der Waals surface area contributed by atoms with E-state index in [-0.39, 0.29) is 0 Å². The van der Waals surface area contributed by atoms with Crippen LogP contribution < -0.4 is 10.5 Å². The van der Waals surface area contributed by atoms with Crippen LogP contribution in [-0.4, -0.2) is 13.2 Å². The minimum Gasteiger partial charge on any atom is -0.494 e. The second kappa shape index (κ2) is 7.12. The third-order valence-corrected chi connectivity index (χ3v) is 4.88. The van der Waals surface area contributed by atoms with E-state index >= 15 is 0 Å². The molecule has 0 aromatic heterocycles. The normalized spacial score (nSPS) is 26.8. The summed E-state index contributed by atoms with van der Waals surface area (Å²) in [7, 11) is 0. The zero-order valence-electron chi connectivity index (χ0n) is 13.1. The molecule has 1 aliphatic rings. The molecule has 2 heteroatoms. The third-order valence-electron chi connectivity index (χ3n) is 4.88. The standard InChI is InChI=1S/C18H29NO/c1-4-20-17-7-5-6-15(10-17)18-11-14(13(2)3)8-9-16(18)12-19/h5-7,10,13-14,16,18H,4,8-9,11-12,19H2,1-3H3. The van der Waals surface area contributed by atoms with E-state index in [9.17, 15) is 0 Å². The fourth-order valence-electron chi connectivity index (χ4n) is 3.56. The molecule has 1 aliphatic carbocycles. The number of rotatable bonds is 5. The number of benzene rings is 1. The molecule has 0 spiro atoms. The van der Waals surface area contributed by atoms with Gasteiger partial charge < -0.3 is 10.5 Å². The third kappa shape index (κ3) is 3.54. The largest absolute Gasteiger partial charge is 0.494 e. The zero-order chi connectivity index (χ0) is 14.5. The van der Waals surface area contributed by atoms with Crippen LogP contribution in [0.1, 0.15) is 51.5 Å². The van der Waals surface area contributed by atoms with Gasteiger partial charge in [-0.3, -0.25) is 0 Å². The Labute approximate surface area is 123 Å². The van der Waals surface area contributed by atoms with Gasteiger partial charge in [0.25, 0.3) is 0 Å². The molecule has 0 heterocycles. The molecule has 0 radical (unpaired) electrons. The summed E-state index contributed by atoms with van der Waals surface area (Å²) in [4.78, 5) is 0. The van der Waals surface area contributed by atoms with Crippen molar-refractivity contribution in [3.63, 3.8) is 0 Å². The van der Waals surface area contributed by atoms with E-state index in [1.807, 2.05) is 13.0 Å². The van der Waals surface area contributed by atoms with Crippen molar-refractivity contribution in [1.82, 2.24) is 0 Å². The quantitative estimate of drug-likeness (QED) is 0.874. The summed E-state index contributed by atoms with van der Waals surface area (Å²) in [6.07, 6.45) is 3.87. The molecule has 1 aromatic rings. The van der Waals surface area contributed by atoms with E-state index in [2.05, 4.69) is 32.0 Å². The second-order valence-electron chi connectivity index (χ2n) is 6.42. The van der Waals surface area contributed by atoms with Crippen LogP contribution in [0.2, 0.25) is 0 Å². The van der Waals surface area contributed by atoms with Crippen molar-refractivity contribution in [2.24, 2.45) is 23.5 Å². The molecule has 1 saturated carbocycles. The van der Waals surface area contributed by atoms with Gasteiger partial charge in [-0.1, -0.05) is 26.0 Å². The zero-order valence-corrected chi connectivity index (χ0v) is 13.1. The summed E-state index contributed by atoms with van der Waals surface area (Å²) in [6, 6.07) is 8.64.